The zero-order chi connectivity index (χ0) is 18.7. The van der Waals surface area contributed by atoms with Crippen LogP contribution in [0.25, 0.3) is 10.8 Å². The van der Waals surface area contributed by atoms with Crippen molar-refractivity contribution in [2.24, 2.45) is 0 Å². The highest BCUT2D eigenvalue weighted by atomic mass is 16.5. The van der Waals surface area contributed by atoms with Crippen LogP contribution in [0.5, 0.6) is 0 Å². The molecule has 0 heterocycles. The van der Waals surface area contributed by atoms with Crippen LogP contribution in [0.4, 0.5) is 5.69 Å². The van der Waals surface area contributed by atoms with Gasteiger partial charge in [-0.05, 0) is 47.2 Å². The van der Waals surface area contributed by atoms with Crippen LogP contribution in [0.1, 0.15) is 31.1 Å². The third-order valence-corrected chi connectivity index (χ3v) is 3.90. The Morgan fingerprint density at radius 3 is 2.23 bits per heavy atom. The van der Waals surface area contributed by atoms with Crippen LogP contribution in [-0.4, -0.2) is 30.1 Å². The second-order valence-electron chi connectivity index (χ2n) is 5.58. The predicted octanol–water partition coefficient (Wildman–Crippen LogP) is 3.58. The summed E-state index contributed by atoms with van der Waals surface area (Å²) >= 11 is 0. The van der Waals surface area contributed by atoms with Crippen molar-refractivity contribution < 1.29 is 24.2 Å². The molecule has 0 aliphatic heterocycles. The maximum atomic E-state index is 12.6. The molecule has 0 atom stereocenters. The molecule has 130 valence electrons. The minimum Gasteiger partial charge on any atom is -0.478 e. The lowest BCUT2D eigenvalue weighted by atomic mass is 9.98. The number of anilines is 1. The van der Waals surface area contributed by atoms with Crippen LogP contribution >= 0.6 is 0 Å². The SMILES string of the molecule is COC(=O)c1ccc2cc(C(=O)O)c(C(=O)Nc3ccccc3)cc2c1. The van der Waals surface area contributed by atoms with E-state index in [1.54, 1.807) is 42.5 Å². The Morgan fingerprint density at radius 1 is 0.885 bits per heavy atom. The predicted molar refractivity (Wildman–Crippen MR) is 96.6 cm³/mol. The molecule has 0 radical (unpaired) electrons. The third kappa shape index (κ3) is 3.39. The van der Waals surface area contributed by atoms with E-state index in [4.69, 9.17) is 4.74 Å². The quantitative estimate of drug-likeness (QED) is 0.702. The number of nitrogens with one attached hydrogen (secondary N) is 1. The number of para-hydroxylation sites is 1. The van der Waals surface area contributed by atoms with Gasteiger partial charge in [-0.25, -0.2) is 9.59 Å². The molecule has 6 nitrogen and oxygen atoms in total. The summed E-state index contributed by atoms with van der Waals surface area (Å²) in [7, 11) is 1.28. The van der Waals surface area contributed by atoms with Gasteiger partial charge < -0.3 is 15.2 Å². The summed E-state index contributed by atoms with van der Waals surface area (Å²) < 4.78 is 4.69. The van der Waals surface area contributed by atoms with E-state index >= 15 is 0 Å². The normalized spacial score (nSPS) is 10.3. The Morgan fingerprint density at radius 2 is 1.58 bits per heavy atom. The van der Waals surface area contributed by atoms with Crippen molar-refractivity contribution in [2.45, 2.75) is 0 Å². The van der Waals surface area contributed by atoms with Crippen LogP contribution in [0.15, 0.2) is 60.7 Å². The molecule has 3 rings (SSSR count). The average Bonchev–Trinajstić information content (AvgIpc) is 2.66. The monoisotopic (exact) mass is 349 g/mol. The van der Waals surface area contributed by atoms with Gasteiger partial charge in [-0.3, -0.25) is 4.79 Å². The molecule has 0 aliphatic carbocycles. The van der Waals surface area contributed by atoms with E-state index in [9.17, 15) is 19.5 Å². The van der Waals surface area contributed by atoms with Gasteiger partial charge in [-0.2, -0.15) is 0 Å². The van der Waals surface area contributed by atoms with E-state index in [1.807, 2.05) is 6.07 Å². The molecule has 1 amide bonds. The van der Waals surface area contributed by atoms with Crippen molar-refractivity contribution in [3.63, 3.8) is 0 Å². The lowest BCUT2D eigenvalue weighted by Crippen LogP contribution is -2.16. The van der Waals surface area contributed by atoms with Gasteiger partial charge in [-0.15, -0.1) is 0 Å². The summed E-state index contributed by atoms with van der Waals surface area (Å²) in [5.41, 5.74) is 0.766. The molecule has 0 bridgehead atoms. The molecule has 2 N–H and O–H groups in total. The standard InChI is InChI=1S/C20H15NO5/c1-26-20(25)13-8-7-12-10-17(19(23)24)16(11-14(12)9-13)18(22)21-15-5-3-2-4-6-15/h2-11H,1H3,(H,21,22)(H,23,24). The maximum Gasteiger partial charge on any atom is 0.337 e. The average molecular weight is 349 g/mol. The summed E-state index contributed by atoms with van der Waals surface area (Å²) in [5.74, 6) is -2.26. The van der Waals surface area contributed by atoms with E-state index in [2.05, 4.69) is 5.32 Å². The topological polar surface area (TPSA) is 92.7 Å². The van der Waals surface area contributed by atoms with Gasteiger partial charge in [0, 0.05) is 5.69 Å². The van der Waals surface area contributed by atoms with Crippen LogP contribution in [0.2, 0.25) is 0 Å². The number of fused-ring (bicyclic) bond motifs is 1. The lowest BCUT2D eigenvalue weighted by molar-refractivity contribution is 0.0600. The van der Waals surface area contributed by atoms with Gasteiger partial charge in [0.05, 0.1) is 23.8 Å². The van der Waals surface area contributed by atoms with Gasteiger partial charge >= 0.3 is 11.9 Å². The zero-order valence-electron chi connectivity index (χ0n) is 13.9. The molecule has 0 fully saturated rings. The van der Waals surface area contributed by atoms with Crippen molar-refractivity contribution in [1.82, 2.24) is 0 Å². The molecule has 0 spiro atoms. The van der Waals surface area contributed by atoms with E-state index in [0.717, 1.165) is 0 Å². The molecule has 6 heteroatoms. The Bertz CT molecular complexity index is 1010. The van der Waals surface area contributed by atoms with E-state index in [0.29, 0.717) is 22.0 Å². The van der Waals surface area contributed by atoms with Gasteiger partial charge in [0.2, 0.25) is 0 Å². The number of carbonyl (C=O) groups excluding carboxylic acids is 2. The number of ether oxygens (including phenoxy) is 1. The second-order valence-corrected chi connectivity index (χ2v) is 5.58. The fourth-order valence-corrected chi connectivity index (χ4v) is 2.63. The molecule has 26 heavy (non-hydrogen) atoms. The first kappa shape index (κ1) is 17.2. The largest absolute Gasteiger partial charge is 0.478 e. The van der Waals surface area contributed by atoms with Crippen molar-refractivity contribution in [1.29, 1.82) is 0 Å². The Labute approximate surface area is 149 Å². The lowest BCUT2D eigenvalue weighted by Gasteiger charge is -2.10. The molecular formula is C20H15NO5. The number of esters is 1. The summed E-state index contributed by atoms with van der Waals surface area (Å²) in [6.07, 6.45) is 0. The fraction of sp³-hybridized carbons (Fsp3) is 0.0500. The van der Waals surface area contributed by atoms with Crippen LogP contribution in [0.3, 0.4) is 0 Å². The highest BCUT2D eigenvalue weighted by Gasteiger charge is 2.19. The first-order chi connectivity index (χ1) is 12.5. The summed E-state index contributed by atoms with van der Waals surface area (Å²) in [6.45, 7) is 0. The number of carboxylic acids is 1. The second kappa shape index (κ2) is 7.06. The Balaban J connectivity index is 2.09. The number of hydrogen-bond donors (Lipinski definition) is 2. The van der Waals surface area contributed by atoms with E-state index in [-0.39, 0.29) is 11.1 Å². The molecule has 0 saturated carbocycles. The number of benzene rings is 3. The molecule has 3 aromatic carbocycles. The number of rotatable bonds is 4. The molecule has 0 unspecified atom stereocenters. The van der Waals surface area contributed by atoms with Crippen molar-refractivity contribution in [3.05, 3.63) is 77.4 Å². The van der Waals surface area contributed by atoms with Crippen molar-refractivity contribution >= 4 is 34.3 Å². The number of hydrogen-bond acceptors (Lipinski definition) is 4. The number of carboxylic acid groups (broad SMARTS) is 1. The molecule has 0 aliphatic rings. The van der Waals surface area contributed by atoms with Crippen molar-refractivity contribution in [2.75, 3.05) is 12.4 Å². The Kier molecular flexibility index (Phi) is 4.66. The number of amides is 1. The van der Waals surface area contributed by atoms with Gasteiger partial charge in [0.15, 0.2) is 0 Å². The highest BCUT2D eigenvalue weighted by Crippen LogP contribution is 2.23. The number of methoxy groups -OCH3 is 1. The molecule has 0 saturated heterocycles. The van der Waals surface area contributed by atoms with Crippen molar-refractivity contribution in [3.8, 4) is 0 Å². The summed E-state index contributed by atoms with van der Waals surface area (Å²) in [6, 6.07) is 16.3. The first-order valence-electron chi connectivity index (χ1n) is 7.75. The summed E-state index contributed by atoms with van der Waals surface area (Å²) in [5, 5.41) is 13.3. The highest BCUT2D eigenvalue weighted by molar-refractivity contribution is 6.13. The van der Waals surface area contributed by atoms with Gasteiger partial charge in [0.1, 0.15) is 0 Å². The Hall–Kier alpha value is -3.67. The third-order valence-electron chi connectivity index (χ3n) is 3.90. The molecule has 3 aromatic rings. The van der Waals surface area contributed by atoms with E-state index < -0.39 is 17.8 Å². The van der Waals surface area contributed by atoms with Gasteiger partial charge in [-0.1, -0.05) is 24.3 Å². The van der Waals surface area contributed by atoms with Crippen LogP contribution in [-0.2, 0) is 4.74 Å². The smallest absolute Gasteiger partial charge is 0.337 e. The minimum atomic E-state index is -1.21. The minimum absolute atomic E-state index is 0.0101. The van der Waals surface area contributed by atoms with Crippen LogP contribution in [0, 0.1) is 0 Å². The summed E-state index contributed by atoms with van der Waals surface area (Å²) in [4.78, 5) is 35.9. The fourth-order valence-electron chi connectivity index (χ4n) is 2.63. The maximum absolute atomic E-state index is 12.6. The van der Waals surface area contributed by atoms with Gasteiger partial charge in [0.25, 0.3) is 5.91 Å². The molecular weight excluding hydrogens is 334 g/mol. The van der Waals surface area contributed by atoms with E-state index in [1.165, 1.54) is 19.2 Å². The zero-order valence-corrected chi connectivity index (χ0v) is 13.9. The number of aromatic carboxylic acids is 1. The first-order valence-corrected chi connectivity index (χ1v) is 7.75. The number of carbonyl (C=O) groups is 3. The van der Waals surface area contributed by atoms with Crippen LogP contribution < -0.4 is 5.32 Å². The molecule has 0 aromatic heterocycles.